The molecule has 0 rings (SSSR count). The fourth-order valence-electron chi connectivity index (χ4n) is 1.23. The first-order chi connectivity index (χ1) is 8.31. The van der Waals surface area contributed by atoms with Crippen molar-refractivity contribution < 1.29 is 14.2 Å². The van der Waals surface area contributed by atoms with Crippen LogP contribution in [0.2, 0.25) is 0 Å². The minimum Gasteiger partial charge on any atom is -0.379 e. The number of hydrogen-bond donors (Lipinski definition) is 1. The molecule has 17 heavy (non-hydrogen) atoms. The fraction of sp³-hybridized carbons (Fsp3) is 1.00. The molecule has 1 atom stereocenters. The van der Waals surface area contributed by atoms with Gasteiger partial charge in [0.05, 0.1) is 26.4 Å². The van der Waals surface area contributed by atoms with Crippen LogP contribution in [-0.2, 0) is 14.2 Å². The average molecular weight is 247 g/mol. The van der Waals surface area contributed by atoms with Crippen molar-refractivity contribution in [3.63, 3.8) is 0 Å². The Morgan fingerprint density at radius 3 is 1.88 bits per heavy atom. The number of unbranched alkanes of at least 4 members (excludes halogenated alkanes) is 1. The Morgan fingerprint density at radius 2 is 1.35 bits per heavy atom. The zero-order valence-electron chi connectivity index (χ0n) is 11.5. The van der Waals surface area contributed by atoms with Crippen LogP contribution in [0, 0.1) is 0 Å². The first-order valence-electron chi connectivity index (χ1n) is 6.80. The molecule has 0 radical (unpaired) electrons. The van der Waals surface area contributed by atoms with Crippen LogP contribution in [0.3, 0.4) is 0 Å². The Hall–Kier alpha value is -0.160. The molecule has 1 unspecified atom stereocenters. The molecular formula is C13H29NO3. The van der Waals surface area contributed by atoms with Gasteiger partial charge in [-0.15, -0.1) is 0 Å². The Kier molecular flexibility index (Phi) is 13.8. The second-order valence-corrected chi connectivity index (χ2v) is 4.15. The van der Waals surface area contributed by atoms with E-state index in [2.05, 4.69) is 13.8 Å². The van der Waals surface area contributed by atoms with Gasteiger partial charge in [0.2, 0.25) is 0 Å². The highest BCUT2D eigenvalue weighted by molar-refractivity contribution is 4.56. The van der Waals surface area contributed by atoms with Gasteiger partial charge in [-0.25, -0.2) is 0 Å². The first kappa shape index (κ1) is 16.8. The lowest BCUT2D eigenvalue weighted by Crippen LogP contribution is -2.21. The summed E-state index contributed by atoms with van der Waals surface area (Å²) in [5.41, 5.74) is 5.77. The van der Waals surface area contributed by atoms with Gasteiger partial charge in [0.25, 0.3) is 0 Å². The molecule has 4 heteroatoms. The lowest BCUT2D eigenvalue weighted by atomic mass is 10.2. The number of ether oxygens (including phenoxy) is 3. The summed E-state index contributed by atoms with van der Waals surface area (Å²) < 4.78 is 16.1. The molecule has 0 aromatic rings. The second-order valence-electron chi connectivity index (χ2n) is 4.15. The highest BCUT2D eigenvalue weighted by Gasteiger charge is 1.98. The first-order valence-corrected chi connectivity index (χ1v) is 6.80. The van der Waals surface area contributed by atoms with Crippen molar-refractivity contribution in [2.45, 2.75) is 45.6 Å². The van der Waals surface area contributed by atoms with E-state index in [9.17, 15) is 0 Å². The van der Waals surface area contributed by atoms with E-state index < -0.39 is 0 Å². The third-order valence-electron chi connectivity index (χ3n) is 2.54. The van der Waals surface area contributed by atoms with E-state index in [-0.39, 0.29) is 6.04 Å². The van der Waals surface area contributed by atoms with E-state index in [1.807, 2.05) is 0 Å². The van der Waals surface area contributed by atoms with Crippen LogP contribution in [-0.4, -0.2) is 45.7 Å². The van der Waals surface area contributed by atoms with Crippen LogP contribution in [0.25, 0.3) is 0 Å². The van der Waals surface area contributed by atoms with Gasteiger partial charge < -0.3 is 19.9 Å². The summed E-state index contributed by atoms with van der Waals surface area (Å²) >= 11 is 0. The normalized spacial score (nSPS) is 12.9. The zero-order valence-corrected chi connectivity index (χ0v) is 11.5. The average Bonchev–Trinajstić information content (AvgIpc) is 2.35. The van der Waals surface area contributed by atoms with Gasteiger partial charge in [-0.05, 0) is 19.3 Å². The molecular weight excluding hydrogens is 218 g/mol. The summed E-state index contributed by atoms with van der Waals surface area (Å²) in [6.07, 6.45) is 4.24. The molecule has 0 fully saturated rings. The zero-order chi connectivity index (χ0) is 12.8. The second kappa shape index (κ2) is 13.9. The van der Waals surface area contributed by atoms with E-state index in [4.69, 9.17) is 19.9 Å². The topological polar surface area (TPSA) is 53.7 Å². The molecule has 2 N–H and O–H groups in total. The van der Waals surface area contributed by atoms with Gasteiger partial charge in [-0.1, -0.05) is 20.3 Å². The largest absolute Gasteiger partial charge is 0.379 e. The van der Waals surface area contributed by atoms with E-state index in [1.165, 1.54) is 6.42 Å². The van der Waals surface area contributed by atoms with E-state index in [0.717, 1.165) is 32.5 Å². The molecule has 104 valence electrons. The summed E-state index contributed by atoms with van der Waals surface area (Å²) in [7, 11) is 0. The molecule has 0 saturated heterocycles. The molecule has 0 aliphatic carbocycles. The minimum atomic E-state index is 0.267. The molecule has 0 amide bonds. The Bertz CT molecular complexity index is 145. The third kappa shape index (κ3) is 13.8. The molecule has 0 aromatic heterocycles. The van der Waals surface area contributed by atoms with E-state index >= 15 is 0 Å². The molecule has 0 spiro atoms. The van der Waals surface area contributed by atoms with Crippen molar-refractivity contribution in [1.29, 1.82) is 0 Å². The van der Waals surface area contributed by atoms with Gasteiger partial charge in [0.15, 0.2) is 0 Å². The lowest BCUT2D eigenvalue weighted by Gasteiger charge is -2.09. The molecule has 0 heterocycles. The highest BCUT2D eigenvalue weighted by Crippen LogP contribution is 1.93. The van der Waals surface area contributed by atoms with E-state index in [1.54, 1.807) is 0 Å². The summed E-state index contributed by atoms with van der Waals surface area (Å²) in [5, 5.41) is 0. The standard InChI is InChI=1S/C13H29NO3/c1-3-5-7-15-9-11-17-12-10-16-8-6-13(14)4-2/h13H,3-12,14H2,1-2H3. The summed E-state index contributed by atoms with van der Waals surface area (Å²) in [5.74, 6) is 0. The van der Waals surface area contributed by atoms with Crippen molar-refractivity contribution in [1.82, 2.24) is 0 Å². The highest BCUT2D eigenvalue weighted by atomic mass is 16.5. The number of nitrogens with two attached hydrogens (primary N) is 1. The summed E-state index contributed by atoms with van der Waals surface area (Å²) in [6.45, 7) is 8.43. The lowest BCUT2D eigenvalue weighted by molar-refractivity contribution is 0.0129. The van der Waals surface area contributed by atoms with Gasteiger partial charge in [0, 0.05) is 19.3 Å². The number of hydrogen-bond acceptors (Lipinski definition) is 4. The number of rotatable bonds is 13. The van der Waals surface area contributed by atoms with Crippen LogP contribution in [0.4, 0.5) is 0 Å². The van der Waals surface area contributed by atoms with Crippen molar-refractivity contribution in [2.24, 2.45) is 5.73 Å². The van der Waals surface area contributed by atoms with Gasteiger partial charge in [-0.2, -0.15) is 0 Å². The van der Waals surface area contributed by atoms with Crippen molar-refractivity contribution in [3.8, 4) is 0 Å². The maximum absolute atomic E-state index is 5.77. The third-order valence-corrected chi connectivity index (χ3v) is 2.54. The Balaban J connectivity index is 2.94. The summed E-state index contributed by atoms with van der Waals surface area (Å²) in [6, 6.07) is 0.267. The quantitative estimate of drug-likeness (QED) is 0.506. The molecule has 4 nitrogen and oxygen atoms in total. The summed E-state index contributed by atoms with van der Waals surface area (Å²) in [4.78, 5) is 0. The SMILES string of the molecule is CCCCOCCOCCOCCC(N)CC. The van der Waals surface area contributed by atoms with Crippen LogP contribution in [0.1, 0.15) is 39.5 Å². The smallest absolute Gasteiger partial charge is 0.0701 e. The maximum Gasteiger partial charge on any atom is 0.0701 e. The van der Waals surface area contributed by atoms with Crippen LogP contribution in [0.15, 0.2) is 0 Å². The van der Waals surface area contributed by atoms with Gasteiger partial charge >= 0.3 is 0 Å². The predicted octanol–water partition coefficient (Wildman–Crippen LogP) is 1.96. The van der Waals surface area contributed by atoms with Crippen molar-refractivity contribution in [3.05, 3.63) is 0 Å². The van der Waals surface area contributed by atoms with Gasteiger partial charge in [0.1, 0.15) is 0 Å². The minimum absolute atomic E-state index is 0.267. The fourth-order valence-corrected chi connectivity index (χ4v) is 1.23. The molecule has 0 aliphatic heterocycles. The van der Waals surface area contributed by atoms with Gasteiger partial charge in [-0.3, -0.25) is 0 Å². The molecule has 0 aliphatic rings. The maximum atomic E-state index is 5.77. The van der Waals surface area contributed by atoms with Crippen LogP contribution in [0.5, 0.6) is 0 Å². The van der Waals surface area contributed by atoms with Crippen molar-refractivity contribution in [2.75, 3.05) is 39.6 Å². The predicted molar refractivity (Wildman–Crippen MR) is 70.2 cm³/mol. The molecule has 0 aromatic carbocycles. The Labute approximate surface area is 106 Å². The van der Waals surface area contributed by atoms with Crippen molar-refractivity contribution >= 4 is 0 Å². The van der Waals surface area contributed by atoms with Crippen LogP contribution >= 0.6 is 0 Å². The van der Waals surface area contributed by atoms with E-state index in [0.29, 0.717) is 26.4 Å². The Morgan fingerprint density at radius 1 is 0.824 bits per heavy atom. The monoisotopic (exact) mass is 247 g/mol. The van der Waals surface area contributed by atoms with Crippen LogP contribution < -0.4 is 5.73 Å². The molecule has 0 saturated carbocycles. The molecule has 0 bridgehead atoms.